The van der Waals surface area contributed by atoms with Crippen molar-refractivity contribution < 1.29 is 19.1 Å². The fourth-order valence-corrected chi connectivity index (χ4v) is 3.23. The molecular formula is C25H18N2O5. The van der Waals surface area contributed by atoms with E-state index in [1.807, 2.05) is 36.4 Å². The van der Waals surface area contributed by atoms with Crippen molar-refractivity contribution in [1.29, 1.82) is 0 Å². The third-order valence-electron chi connectivity index (χ3n) is 4.72. The number of nitrogens with zero attached hydrogens (tertiary/aromatic N) is 1. The predicted octanol–water partition coefficient (Wildman–Crippen LogP) is 1.68. The van der Waals surface area contributed by atoms with Crippen LogP contribution in [-0.2, 0) is 9.59 Å². The minimum atomic E-state index is -0.870. The molecule has 3 aromatic rings. The maximum Gasteiger partial charge on any atom is 0.349 e. The molecule has 32 heavy (non-hydrogen) atoms. The van der Waals surface area contributed by atoms with Crippen LogP contribution < -0.4 is 21.1 Å². The number of para-hydroxylation sites is 1. The molecule has 0 radical (unpaired) electrons. The molecule has 0 fully saturated rings. The van der Waals surface area contributed by atoms with Crippen LogP contribution >= 0.6 is 0 Å². The molecule has 0 amide bonds. The third kappa shape index (κ3) is 4.17. The van der Waals surface area contributed by atoms with Gasteiger partial charge in [-0.1, -0.05) is 54.6 Å². The summed E-state index contributed by atoms with van der Waals surface area (Å²) in [6.07, 6.45) is 7.37. The molecule has 2 heterocycles. The smallest absolute Gasteiger partial charge is 0.349 e. The van der Waals surface area contributed by atoms with E-state index in [1.54, 1.807) is 24.3 Å². The topological polar surface area (TPSA) is 98.2 Å². The molecule has 0 bridgehead atoms. The lowest BCUT2D eigenvalue weighted by Crippen LogP contribution is -2.31. The Kier molecular flexibility index (Phi) is 5.63. The number of fused-ring (bicyclic) bond motifs is 1. The van der Waals surface area contributed by atoms with E-state index in [2.05, 4.69) is 4.98 Å². The number of imidazole rings is 1. The number of H-pyrrole nitrogens is 1. The van der Waals surface area contributed by atoms with E-state index in [-0.39, 0.29) is 33.5 Å². The average Bonchev–Trinajstić information content (AvgIpc) is 3.05. The number of hydrogen-bond donors (Lipinski definition) is 1. The predicted molar refractivity (Wildman–Crippen MR) is 120 cm³/mol. The molecule has 7 nitrogen and oxygen atoms in total. The summed E-state index contributed by atoms with van der Waals surface area (Å²) in [6, 6.07) is 15.9. The molecule has 158 valence electrons. The van der Waals surface area contributed by atoms with Crippen LogP contribution in [0.15, 0.2) is 71.0 Å². The number of benzene rings is 2. The van der Waals surface area contributed by atoms with Crippen LogP contribution in [0.25, 0.3) is 24.4 Å². The van der Waals surface area contributed by atoms with Gasteiger partial charge in [0.25, 0.3) is 5.56 Å². The number of esters is 1. The normalized spacial score (nSPS) is 16.0. The first-order valence-electron chi connectivity index (χ1n) is 9.78. The summed E-state index contributed by atoms with van der Waals surface area (Å²) >= 11 is 0. The van der Waals surface area contributed by atoms with Crippen molar-refractivity contribution in [3.05, 3.63) is 98.6 Å². The van der Waals surface area contributed by atoms with Gasteiger partial charge in [-0.2, -0.15) is 0 Å². The number of ether oxygens (including phenoxy) is 1. The highest BCUT2D eigenvalue weighted by molar-refractivity contribution is 6.29. The number of aromatic amines is 1. The van der Waals surface area contributed by atoms with E-state index >= 15 is 0 Å². The Hall–Kier alpha value is -4.52. The summed E-state index contributed by atoms with van der Waals surface area (Å²) in [6.45, 7) is 1.33. The Balaban J connectivity index is 1.82. The van der Waals surface area contributed by atoms with Gasteiger partial charge in [0.2, 0.25) is 5.78 Å². The highest BCUT2D eigenvalue weighted by Gasteiger charge is 2.30. The molecule has 0 unspecified atom stereocenters. The van der Waals surface area contributed by atoms with Crippen molar-refractivity contribution in [1.82, 2.24) is 9.55 Å². The van der Waals surface area contributed by atoms with Gasteiger partial charge in [-0.05, 0) is 30.7 Å². The molecule has 4 rings (SSSR count). The third-order valence-corrected chi connectivity index (χ3v) is 4.72. The summed E-state index contributed by atoms with van der Waals surface area (Å²) < 4.78 is 6.28. The van der Waals surface area contributed by atoms with E-state index in [0.717, 1.165) is 16.3 Å². The van der Waals surface area contributed by atoms with Gasteiger partial charge in [-0.15, -0.1) is 0 Å². The van der Waals surface area contributed by atoms with Crippen LogP contribution in [0.1, 0.15) is 22.8 Å². The molecule has 2 aromatic carbocycles. The van der Waals surface area contributed by atoms with Crippen molar-refractivity contribution in [3.63, 3.8) is 0 Å². The highest BCUT2D eigenvalue weighted by atomic mass is 16.5. The summed E-state index contributed by atoms with van der Waals surface area (Å²) in [7, 11) is 0. The van der Waals surface area contributed by atoms with Gasteiger partial charge in [0.05, 0.1) is 5.56 Å². The van der Waals surface area contributed by atoms with Gasteiger partial charge in [0, 0.05) is 12.3 Å². The van der Waals surface area contributed by atoms with Crippen molar-refractivity contribution in [2.24, 2.45) is 0 Å². The number of nitrogens with one attached hydrogen (secondary N) is 1. The van der Waals surface area contributed by atoms with Crippen LogP contribution in [0.5, 0.6) is 5.75 Å². The Morgan fingerprint density at radius 2 is 1.72 bits per heavy atom. The largest absolute Gasteiger partial charge is 0.422 e. The molecule has 1 aromatic heterocycles. The fourth-order valence-electron chi connectivity index (χ4n) is 3.23. The second-order valence-electron chi connectivity index (χ2n) is 7.05. The zero-order valence-electron chi connectivity index (χ0n) is 17.1. The zero-order valence-corrected chi connectivity index (χ0v) is 17.1. The Morgan fingerprint density at radius 3 is 2.47 bits per heavy atom. The minimum Gasteiger partial charge on any atom is -0.422 e. The number of allylic oxidation sites excluding steroid dienone is 1. The van der Waals surface area contributed by atoms with E-state index in [1.165, 1.54) is 25.1 Å². The van der Waals surface area contributed by atoms with Crippen LogP contribution in [-0.4, -0.2) is 27.1 Å². The molecule has 7 heteroatoms. The monoisotopic (exact) mass is 426 g/mol. The molecule has 0 saturated heterocycles. The Labute approximate surface area is 182 Å². The number of Topliss-reactive ketones (excluding diaryl/α,β-unsaturated/α-hetero) is 2. The molecule has 0 aliphatic carbocycles. The van der Waals surface area contributed by atoms with E-state index in [4.69, 9.17) is 4.74 Å². The molecule has 1 aliphatic rings. The standard InChI is InChI=1S/C25H18N2O5/c1-16(28)14-22-26-20(12-7-10-17-8-3-2-4-9-17)24(30)27(22)15-19-23(29)18-11-5-6-13-21(18)32-25(19)31/h2-15,26H,1H3/b10-7?,19-15?,20-12?,22-14+. The van der Waals surface area contributed by atoms with Crippen LogP contribution in [0.4, 0.5) is 0 Å². The van der Waals surface area contributed by atoms with Crippen molar-refractivity contribution >= 4 is 42.0 Å². The van der Waals surface area contributed by atoms with Gasteiger partial charge >= 0.3 is 5.97 Å². The molecule has 0 saturated carbocycles. The van der Waals surface area contributed by atoms with E-state index in [0.29, 0.717) is 0 Å². The quantitative estimate of drug-likeness (QED) is 0.296. The summed E-state index contributed by atoms with van der Waals surface area (Å²) in [4.78, 5) is 52.8. The lowest BCUT2D eigenvalue weighted by atomic mass is 10.0. The molecule has 1 aliphatic heterocycles. The van der Waals surface area contributed by atoms with Gasteiger partial charge in [0.1, 0.15) is 22.2 Å². The number of ketones is 2. The zero-order chi connectivity index (χ0) is 22.7. The summed E-state index contributed by atoms with van der Waals surface area (Å²) in [5.41, 5.74) is 0.462. The first-order chi connectivity index (χ1) is 15.4. The van der Waals surface area contributed by atoms with Crippen molar-refractivity contribution in [2.75, 3.05) is 0 Å². The summed E-state index contributed by atoms with van der Waals surface area (Å²) in [5, 5.41) is 0.179. The lowest BCUT2D eigenvalue weighted by molar-refractivity contribution is -0.130. The minimum absolute atomic E-state index is 0.133. The number of rotatable bonds is 4. The van der Waals surface area contributed by atoms with Crippen LogP contribution in [0, 0.1) is 0 Å². The molecular weight excluding hydrogens is 408 g/mol. The van der Waals surface area contributed by atoms with E-state index < -0.39 is 17.3 Å². The SMILES string of the molecule is CC(=O)/C=c1\[nH]c(=CC=Cc2ccccc2)c(=O)n1C=C1C(=O)Oc2ccccc2C1=O. The molecule has 0 atom stereocenters. The van der Waals surface area contributed by atoms with Gasteiger partial charge in [-0.25, -0.2) is 4.79 Å². The second kappa shape index (κ2) is 8.69. The van der Waals surface area contributed by atoms with Gasteiger partial charge in [0.15, 0.2) is 5.78 Å². The van der Waals surface area contributed by atoms with Gasteiger partial charge < -0.3 is 9.72 Å². The molecule has 1 N–H and O–H groups in total. The molecule has 0 spiro atoms. The number of hydrogen-bond acceptors (Lipinski definition) is 5. The second-order valence-corrected chi connectivity index (χ2v) is 7.05. The summed E-state index contributed by atoms with van der Waals surface area (Å²) in [5.74, 6) is -1.58. The van der Waals surface area contributed by atoms with Crippen LogP contribution in [0.2, 0.25) is 0 Å². The first kappa shape index (κ1) is 20.7. The average molecular weight is 426 g/mol. The van der Waals surface area contributed by atoms with E-state index in [9.17, 15) is 19.2 Å². The number of carbonyl (C=O) groups is 3. The number of carbonyl (C=O) groups excluding carboxylic acids is 3. The van der Waals surface area contributed by atoms with Crippen molar-refractivity contribution in [3.8, 4) is 5.75 Å². The Morgan fingerprint density at radius 1 is 1.00 bits per heavy atom. The maximum atomic E-state index is 13.0. The maximum absolute atomic E-state index is 13.0. The highest BCUT2D eigenvalue weighted by Crippen LogP contribution is 2.27. The lowest BCUT2D eigenvalue weighted by Gasteiger charge is -2.16. The first-order valence-corrected chi connectivity index (χ1v) is 9.78. The van der Waals surface area contributed by atoms with Crippen molar-refractivity contribution in [2.45, 2.75) is 6.92 Å². The van der Waals surface area contributed by atoms with Gasteiger partial charge in [-0.3, -0.25) is 19.0 Å². The fraction of sp³-hybridized carbons (Fsp3) is 0.0400. The van der Waals surface area contributed by atoms with Crippen LogP contribution in [0.3, 0.4) is 0 Å². The Bertz CT molecular complexity index is 1470. The number of aromatic nitrogens is 2.